The zero-order valence-electron chi connectivity index (χ0n) is 7.79. The monoisotopic (exact) mass is 218 g/mol. The van der Waals surface area contributed by atoms with Crippen molar-refractivity contribution in [3.05, 3.63) is 40.9 Å². The van der Waals surface area contributed by atoms with Crippen molar-refractivity contribution in [1.82, 2.24) is 0 Å². The Morgan fingerprint density at radius 3 is 2.93 bits per heavy atom. The van der Waals surface area contributed by atoms with Crippen LogP contribution in [0.1, 0.15) is 10.4 Å². The summed E-state index contributed by atoms with van der Waals surface area (Å²) in [5.74, 6) is 0.639. The molecule has 0 radical (unpaired) electrons. The van der Waals surface area contributed by atoms with E-state index in [-0.39, 0.29) is 12.4 Å². The van der Waals surface area contributed by atoms with Gasteiger partial charge in [0.05, 0.1) is 5.02 Å². The molecule has 0 atom stereocenters. The third-order valence-electron chi connectivity index (χ3n) is 2.60. The Bertz CT molecular complexity index is 575. The van der Waals surface area contributed by atoms with Gasteiger partial charge in [0.2, 0.25) is 5.78 Å². The van der Waals surface area contributed by atoms with Crippen LogP contribution in [-0.2, 0) is 0 Å². The lowest BCUT2D eigenvalue weighted by Gasteiger charge is -2.18. The van der Waals surface area contributed by atoms with Crippen LogP contribution in [0.2, 0.25) is 5.02 Å². The molecule has 3 rings (SSSR count). The van der Waals surface area contributed by atoms with E-state index < -0.39 is 0 Å². The fourth-order valence-corrected chi connectivity index (χ4v) is 2.12. The highest BCUT2D eigenvalue weighted by Crippen LogP contribution is 2.38. The Morgan fingerprint density at radius 2 is 2.07 bits per heavy atom. The van der Waals surface area contributed by atoms with Crippen molar-refractivity contribution in [2.75, 3.05) is 6.61 Å². The molecule has 0 amide bonds. The smallest absolute Gasteiger partial charge is 0.200 e. The summed E-state index contributed by atoms with van der Waals surface area (Å²) in [7, 11) is 0. The van der Waals surface area contributed by atoms with Crippen molar-refractivity contribution in [2.24, 2.45) is 0 Å². The van der Waals surface area contributed by atoms with Crippen LogP contribution in [-0.4, -0.2) is 12.4 Å². The predicted molar refractivity (Wildman–Crippen MR) is 58.8 cm³/mol. The van der Waals surface area contributed by atoms with E-state index in [1.54, 1.807) is 6.07 Å². The highest BCUT2D eigenvalue weighted by molar-refractivity contribution is 6.34. The van der Waals surface area contributed by atoms with Gasteiger partial charge in [-0.2, -0.15) is 0 Å². The Labute approximate surface area is 91.4 Å². The molecule has 15 heavy (non-hydrogen) atoms. The summed E-state index contributed by atoms with van der Waals surface area (Å²) in [5, 5.41) is 2.38. The second kappa shape index (κ2) is 2.97. The minimum atomic E-state index is 0.00960. The molecule has 0 unspecified atom stereocenters. The van der Waals surface area contributed by atoms with Gasteiger partial charge >= 0.3 is 0 Å². The Morgan fingerprint density at radius 1 is 1.20 bits per heavy atom. The van der Waals surface area contributed by atoms with E-state index in [1.165, 1.54) is 0 Å². The first kappa shape index (κ1) is 8.74. The molecule has 0 spiro atoms. The maximum Gasteiger partial charge on any atom is 0.200 e. The van der Waals surface area contributed by atoms with Gasteiger partial charge in [0.1, 0.15) is 5.75 Å². The van der Waals surface area contributed by atoms with E-state index in [0.717, 1.165) is 10.8 Å². The van der Waals surface area contributed by atoms with Gasteiger partial charge < -0.3 is 4.74 Å². The van der Waals surface area contributed by atoms with Gasteiger partial charge in [-0.1, -0.05) is 35.9 Å². The van der Waals surface area contributed by atoms with E-state index in [4.69, 9.17) is 16.3 Å². The summed E-state index contributed by atoms with van der Waals surface area (Å²) >= 11 is 6.02. The van der Waals surface area contributed by atoms with Crippen LogP contribution in [0.3, 0.4) is 0 Å². The van der Waals surface area contributed by atoms with Crippen LogP contribution in [0, 0.1) is 0 Å². The number of carbonyl (C=O) groups excluding carboxylic acids is 1. The molecule has 2 nitrogen and oxygen atoms in total. The zero-order chi connectivity index (χ0) is 10.4. The molecular weight excluding hydrogens is 212 g/mol. The van der Waals surface area contributed by atoms with Crippen LogP contribution in [0.15, 0.2) is 30.3 Å². The van der Waals surface area contributed by atoms with Crippen molar-refractivity contribution < 1.29 is 9.53 Å². The standard InChI is InChI=1S/C12H7ClO2/c13-9-5-4-7-2-1-3-8-10(14)6-15-12(9)11(7)8/h1-5H,6H2. The topological polar surface area (TPSA) is 26.3 Å². The summed E-state index contributed by atoms with van der Waals surface area (Å²) in [4.78, 5) is 11.6. The maximum absolute atomic E-state index is 11.6. The quantitative estimate of drug-likeness (QED) is 0.679. The summed E-state index contributed by atoms with van der Waals surface area (Å²) in [6.07, 6.45) is 0. The van der Waals surface area contributed by atoms with Gasteiger partial charge in [-0.3, -0.25) is 4.79 Å². The number of hydrogen-bond donors (Lipinski definition) is 0. The Hall–Kier alpha value is -1.54. The lowest BCUT2D eigenvalue weighted by molar-refractivity contribution is 0.0915. The van der Waals surface area contributed by atoms with Crippen molar-refractivity contribution in [3.63, 3.8) is 0 Å². The second-order valence-corrected chi connectivity index (χ2v) is 3.90. The predicted octanol–water partition coefficient (Wildman–Crippen LogP) is 3.07. The number of ether oxygens (including phenoxy) is 1. The van der Waals surface area contributed by atoms with Crippen LogP contribution in [0.25, 0.3) is 10.8 Å². The number of halogens is 1. The van der Waals surface area contributed by atoms with E-state index in [1.807, 2.05) is 24.3 Å². The first-order valence-electron chi connectivity index (χ1n) is 4.64. The van der Waals surface area contributed by atoms with Gasteiger partial charge in [0.15, 0.2) is 6.61 Å². The lowest BCUT2D eigenvalue weighted by atomic mass is 9.99. The number of carbonyl (C=O) groups is 1. The highest BCUT2D eigenvalue weighted by Gasteiger charge is 2.21. The molecule has 74 valence electrons. The number of Topliss-reactive ketones (excluding diaryl/α,β-unsaturated/α-hetero) is 1. The molecule has 0 N–H and O–H groups in total. The van der Waals surface area contributed by atoms with Gasteiger partial charge in [-0.15, -0.1) is 0 Å². The SMILES string of the molecule is O=C1COc2c(Cl)ccc3cccc1c23. The van der Waals surface area contributed by atoms with E-state index in [9.17, 15) is 4.79 Å². The molecular formula is C12H7ClO2. The normalized spacial score (nSPS) is 14.1. The molecule has 1 aliphatic heterocycles. The molecule has 0 saturated heterocycles. The van der Waals surface area contributed by atoms with Crippen molar-refractivity contribution in [2.45, 2.75) is 0 Å². The molecule has 0 aromatic heterocycles. The molecule has 3 heteroatoms. The minimum absolute atomic E-state index is 0.00960. The molecule has 0 aliphatic carbocycles. The van der Waals surface area contributed by atoms with Crippen LogP contribution in [0.5, 0.6) is 5.75 Å². The number of benzene rings is 2. The summed E-state index contributed by atoms with van der Waals surface area (Å²) in [6.45, 7) is 0.0792. The van der Waals surface area contributed by atoms with Crippen molar-refractivity contribution in [1.29, 1.82) is 0 Å². The summed E-state index contributed by atoms with van der Waals surface area (Å²) in [5.41, 5.74) is 0.705. The third kappa shape index (κ3) is 1.15. The molecule has 0 bridgehead atoms. The molecule has 1 aliphatic rings. The largest absolute Gasteiger partial charge is 0.483 e. The number of rotatable bonds is 0. The third-order valence-corrected chi connectivity index (χ3v) is 2.90. The van der Waals surface area contributed by atoms with Crippen LogP contribution < -0.4 is 4.74 Å². The summed E-state index contributed by atoms with van der Waals surface area (Å²) < 4.78 is 5.36. The van der Waals surface area contributed by atoms with Crippen LogP contribution >= 0.6 is 11.6 Å². The fraction of sp³-hybridized carbons (Fsp3) is 0.0833. The fourth-order valence-electron chi connectivity index (χ4n) is 1.91. The average molecular weight is 219 g/mol. The second-order valence-electron chi connectivity index (χ2n) is 3.49. The van der Waals surface area contributed by atoms with Gasteiger partial charge in [-0.25, -0.2) is 0 Å². The first-order valence-corrected chi connectivity index (χ1v) is 5.02. The van der Waals surface area contributed by atoms with E-state index in [2.05, 4.69) is 0 Å². The zero-order valence-corrected chi connectivity index (χ0v) is 8.54. The minimum Gasteiger partial charge on any atom is -0.483 e. The van der Waals surface area contributed by atoms with E-state index >= 15 is 0 Å². The molecule has 1 heterocycles. The van der Waals surface area contributed by atoms with Crippen molar-refractivity contribution in [3.8, 4) is 5.75 Å². The first-order chi connectivity index (χ1) is 7.27. The van der Waals surface area contributed by atoms with E-state index in [0.29, 0.717) is 16.3 Å². The maximum atomic E-state index is 11.6. The van der Waals surface area contributed by atoms with Gasteiger partial charge in [0.25, 0.3) is 0 Å². The molecule has 0 saturated carbocycles. The van der Waals surface area contributed by atoms with Gasteiger partial charge in [-0.05, 0) is 11.5 Å². The Kier molecular flexibility index (Phi) is 1.73. The Balaban J connectivity index is 2.53. The highest BCUT2D eigenvalue weighted by atomic mass is 35.5. The average Bonchev–Trinajstić information content (AvgIpc) is 2.26. The molecule has 2 aromatic carbocycles. The molecule has 0 fully saturated rings. The number of ketones is 1. The van der Waals surface area contributed by atoms with Gasteiger partial charge in [0, 0.05) is 10.9 Å². The van der Waals surface area contributed by atoms with Crippen molar-refractivity contribution >= 4 is 28.2 Å². The lowest BCUT2D eigenvalue weighted by Crippen LogP contribution is -2.17. The number of hydrogen-bond acceptors (Lipinski definition) is 2. The van der Waals surface area contributed by atoms with Crippen LogP contribution in [0.4, 0.5) is 0 Å². The summed E-state index contributed by atoms with van der Waals surface area (Å²) in [6, 6.07) is 9.32. The molecule has 2 aromatic rings.